The summed E-state index contributed by atoms with van der Waals surface area (Å²) in [6, 6.07) is 7.73. The van der Waals surface area contributed by atoms with E-state index in [4.69, 9.17) is 4.42 Å². The Morgan fingerprint density at radius 3 is 2.90 bits per heavy atom. The molecule has 2 heterocycles. The van der Waals surface area contributed by atoms with Gasteiger partial charge in [-0.3, -0.25) is 9.69 Å². The van der Waals surface area contributed by atoms with E-state index in [1.54, 1.807) is 23.7 Å². The first-order valence-electron chi connectivity index (χ1n) is 6.36. The Hall–Kier alpha value is -1.85. The molecule has 0 aliphatic rings. The lowest BCUT2D eigenvalue weighted by Gasteiger charge is -2.22. The summed E-state index contributed by atoms with van der Waals surface area (Å²) in [4.78, 5) is 14.9. The molecule has 2 aromatic rings. The number of nitrogens with zero attached hydrogens (tertiary/aromatic N) is 1. The smallest absolute Gasteiger partial charge is 0.244 e. The zero-order valence-corrected chi connectivity index (χ0v) is 12.4. The van der Waals surface area contributed by atoms with Crippen LogP contribution in [0.5, 0.6) is 0 Å². The van der Waals surface area contributed by atoms with Crippen molar-refractivity contribution < 1.29 is 9.21 Å². The van der Waals surface area contributed by atoms with Crippen LogP contribution in [-0.4, -0.2) is 31.4 Å². The number of carbonyl (C=O) groups is 1. The molecule has 20 heavy (non-hydrogen) atoms. The number of carbonyl (C=O) groups excluding carboxylic acids is 1. The van der Waals surface area contributed by atoms with Gasteiger partial charge in [-0.1, -0.05) is 6.07 Å². The third-order valence-electron chi connectivity index (χ3n) is 2.91. The number of nitrogens with one attached hydrogen (secondary N) is 1. The van der Waals surface area contributed by atoms with Crippen molar-refractivity contribution in [1.82, 2.24) is 10.2 Å². The second kappa shape index (κ2) is 7.07. The number of thiophene rings is 1. The zero-order chi connectivity index (χ0) is 14.4. The normalized spacial score (nSPS) is 12.9. The first kappa shape index (κ1) is 14.6. The van der Waals surface area contributed by atoms with Gasteiger partial charge in [0.1, 0.15) is 5.76 Å². The maximum Gasteiger partial charge on any atom is 0.244 e. The molecule has 1 N–H and O–H groups in total. The minimum Gasteiger partial charge on any atom is -0.468 e. The predicted molar refractivity (Wildman–Crippen MR) is 81.5 cm³/mol. The van der Waals surface area contributed by atoms with Crippen LogP contribution >= 0.6 is 11.3 Å². The largest absolute Gasteiger partial charge is 0.468 e. The number of hydrogen-bond donors (Lipinski definition) is 1. The lowest BCUT2D eigenvalue weighted by molar-refractivity contribution is -0.116. The summed E-state index contributed by atoms with van der Waals surface area (Å²) in [6.07, 6.45) is 5.02. The third kappa shape index (κ3) is 4.08. The summed E-state index contributed by atoms with van der Waals surface area (Å²) in [6.45, 7) is 0.508. The summed E-state index contributed by atoms with van der Waals surface area (Å²) in [5, 5.41) is 4.87. The van der Waals surface area contributed by atoms with Gasteiger partial charge in [0.15, 0.2) is 0 Å². The summed E-state index contributed by atoms with van der Waals surface area (Å²) < 4.78 is 5.40. The van der Waals surface area contributed by atoms with Crippen LogP contribution in [0.15, 0.2) is 46.4 Å². The van der Waals surface area contributed by atoms with E-state index in [0.717, 1.165) is 10.6 Å². The van der Waals surface area contributed by atoms with E-state index in [0.29, 0.717) is 6.54 Å². The van der Waals surface area contributed by atoms with Crippen molar-refractivity contribution in [3.8, 4) is 0 Å². The van der Waals surface area contributed by atoms with Crippen LogP contribution in [0.1, 0.15) is 16.7 Å². The van der Waals surface area contributed by atoms with Gasteiger partial charge in [0.2, 0.25) is 5.91 Å². The molecule has 0 radical (unpaired) electrons. The molecule has 5 heteroatoms. The van der Waals surface area contributed by atoms with E-state index in [1.807, 2.05) is 54.7 Å². The summed E-state index contributed by atoms with van der Waals surface area (Å²) in [7, 11) is 3.92. The van der Waals surface area contributed by atoms with Crippen LogP contribution in [0, 0.1) is 0 Å². The van der Waals surface area contributed by atoms with Crippen LogP contribution in [0.25, 0.3) is 6.08 Å². The second-order valence-corrected chi connectivity index (χ2v) is 5.57. The Morgan fingerprint density at radius 2 is 2.30 bits per heavy atom. The molecule has 0 aromatic carbocycles. The molecule has 2 aromatic heterocycles. The molecular weight excluding hydrogens is 272 g/mol. The highest BCUT2D eigenvalue weighted by Gasteiger charge is 2.17. The van der Waals surface area contributed by atoms with Gasteiger partial charge < -0.3 is 9.73 Å². The highest BCUT2D eigenvalue weighted by molar-refractivity contribution is 7.10. The molecule has 4 nitrogen and oxygen atoms in total. The molecule has 0 bridgehead atoms. The minimum atomic E-state index is -0.100. The topological polar surface area (TPSA) is 45.5 Å². The van der Waals surface area contributed by atoms with Crippen molar-refractivity contribution in [3.05, 3.63) is 52.6 Å². The molecular formula is C15H18N2O2S. The first-order valence-corrected chi connectivity index (χ1v) is 7.24. The van der Waals surface area contributed by atoms with E-state index in [2.05, 4.69) is 5.32 Å². The van der Waals surface area contributed by atoms with Crippen molar-refractivity contribution in [3.63, 3.8) is 0 Å². The standard InChI is InChI=1S/C15H18N2O2S/c1-17(2)13(14-6-3-9-19-14)11-16-15(18)8-7-12-5-4-10-20-12/h3-10,13H,11H2,1-2H3,(H,16,18). The quantitative estimate of drug-likeness (QED) is 0.832. The molecule has 0 aliphatic carbocycles. The van der Waals surface area contributed by atoms with E-state index < -0.39 is 0 Å². The molecule has 0 spiro atoms. The fourth-order valence-corrected chi connectivity index (χ4v) is 2.44. The average molecular weight is 290 g/mol. The Balaban J connectivity index is 1.88. The lowest BCUT2D eigenvalue weighted by Crippen LogP contribution is -2.33. The van der Waals surface area contributed by atoms with Crippen LogP contribution in [0.3, 0.4) is 0 Å². The molecule has 2 rings (SSSR count). The van der Waals surface area contributed by atoms with E-state index in [1.165, 1.54) is 0 Å². The average Bonchev–Trinajstić information content (AvgIpc) is 3.09. The Kier molecular flexibility index (Phi) is 5.15. The van der Waals surface area contributed by atoms with Gasteiger partial charge in [-0.2, -0.15) is 0 Å². The molecule has 0 saturated carbocycles. The van der Waals surface area contributed by atoms with E-state index >= 15 is 0 Å². The summed E-state index contributed by atoms with van der Waals surface area (Å²) in [5.74, 6) is 0.745. The van der Waals surface area contributed by atoms with Gasteiger partial charge in [0.05, 0.1) is 12.3 Å². The Bertz CT molecular complexity index is 544. The van der Waals surface area contributed by atoms with Gasteiger partial charge in [-0.05, 0) is 43.8 Å². The maximum absolute atomic E-state index is 11.8. The zero-order valence-electron chi connectivity index (χ0n) is 11.6. The minimum absolute atomic E-state index is 0.0316. The van der Waals surface area contributed by atoms with Crippen LogP contribution in [0.2, 0.25) is 0 Å². The molecule has 1 unspecified atom stereocenters. The van der Waals surface area contributed by atoms with E-state index in [9.17, 15) is 4.79 Å². The number of hydrogen-bond acceptors (Lipinski definition) is 4. The molecule has 1 amide bonds. The molecule has 1 atom stereocenters. The van der Waals surface area contributed by atoms with Crippen molar-refractivity contribution >= 4 is 23.3 Å². The number of amides is 1. The van der Waals surface area contributed by atoms with Crippen molar-refractivity contribution in [1.29, 1.82) is 0 Å². The van der Waals surface area contributed by atoms with Gasteiger partial charge >= 0.3 is 0 Å². The fourth-order valence-electron chi connectivity index (χ4n) is 1.82. The van der Waals surface area contributed by atoms with Crippen LogP contribution in [-0.2, 0) is 4.79 Å². The molecule has 0 saturated heterocycles. The first-order chi connectivity index (χ1) is 9.66. The highest BCUT2D eigenvalue weighted by Crippen LogP contribution is 2.17. The maximum atomic E-state index is 11.8. The van der Waals surface area contributed by atoms with Gasteiger partial charge in [-0.15, -0.1) is 11.3 Å². The highest BCUT2D eigenvalue weighted by atomic mass is 32.1. The van der Waals surface area contributed by atoms with Crippen molar-refractivity contribution in [2.75, 3.05) is 20.6 Å². The molecule has 106 valence electrons. The fraction of sp³-hybridized carbons (Fsp3) is 0.267. The second-order valence-electron chi connectivity index (χ2n) is 4.59. The summed E-state index contributed by atoms with van der Waals surface area (Å²) >= 11 is 1.60. The third-order valence-corrected chi connectivity index (χ3v) is 3.74. The molecule has 0 aliphatic heterocycles. The van der Waals surface area contributed by atoms with Gasteiger partial charge in [-0.25, -0.2) is 0 Å². The SMILES string of the molecule is CN(C)C(CNC(=O)C=Cc1cccs1)c1ccco1. The van der Waals surface area contributed by atoms with Gasteiger partial charge in [0.25, 0.3) is 0 Å². The predicted octanol–water partition coefficient (Wildman–Crippen LogP) is 2.77. The Morgan fingerprint density at radius 1 is 1.45 bits per heavy atom. The van der Waals surface area contributed by atoms with Crippen LogP contribution in [0.4, 0.5) is 0 Å². The van der Waals surface area contributed by atoms with Crippen molar-refractivity contribution in [2.45, 2.75) is 6.04 Å². The number of likely N-dealkylation sites (N-methyl/N-ethyl adjacent to an activating group) is 1. The monoisotopic (exact) mass is 290 g/mol. The lowest BCUT2D eigenvalue weighted by atomic mass is 10.2. The Labute approximate surface area is 122 Å². The van der Waals surface area contributed by atoms with Crippen LogP contribution < -0.4 is 5.32 Å². The number of rotatable bonds is 6. The van der Waals surface area contributed by atoms with E-state index in [-0.39, 0.29) is 11.9 Å². The van der Waals surface area contributed by atoms with Crippen molar-refractivity contribution in [2.24, 2.45) is 0 Å². The van der Waals surface area contributed by atoms with Gasteiger partial charge in [0, 0.05) is 17.5 Å². The number of furan rings is 1. The molecule has 0 fully saturated rings. The summed E-state index contributed by atoms with van der Waals surface area (Å²) in [5.41, 5.74) is 0.